The fourth-order valence-electron chi connectivity index (χ4n) is 1.82. The molecule has 0 fully saturated rings. The molecule has 0 radical (unpaired) electrons. The number of aryl methyl sites for hydroxylation is 2. The molecule has 2 aromatic rings. The minimum Gasteiger partial charge on any atom is -0.388 e. The van der Waals surface area contributed by atoms with E-state index in [0.717, 1.165) is 28.4 Å². The number of thioether (sulfide) groups is 1. The number of rotatable bonds is 5. The molecule has 3 N–H and O–H groups in total. The Morgan fingerprint density at radius 2 is 2.28 bits per heavy atom. The summed E-state index contributed by atoms with van der Waals surface area (Å²) in [4.78, 5) is 4.63. The summed E-state index contributed by atoms with van der Waals surface area (Å²) in [5.74, 6) is 1.03. The van der Waals surface area contributed by atoms with E-state index in [1.54, 1.807) is 11.8 Å². The second-order valence-corrected chi connectivity index (χ2v) is 5.32. The fraction of sp³-hybridized carbons (Fsp3) is 0.385. The summed E-state index contributed by atoms with van der Waals surface area (Å²) in [5, 5.41) is 8.20. The second-order valence-electron chi connectivity index (χ2n) is 4.25. The number of nitrogens with zero attached hydrogens (tertiary/aromatic N) is 2. The highest BCUT2D eigenvalue weighted by molar-refractivity contribution is 7.99. The summed E-state index contributed by atoms with van der Waals surface area (Å²) in [6.07, 6.45) is 1.63. The molecule has 1 aromatic heterocycles. The van der Waals surface area contributed by atoms with Crippen molar-refractivity contribution in [2.75, 3.05) is 5.75 Å². The van der Waals surface area contributed by atoms with Gasteiger partial charge in [-0.15, -0.1) is 0 Å². The SMILES string of the molecule is CCc1ccc2c(c1)nc(SCCC(=N)N)n2C. The first kappa shape index (κ1) is 13.0. The molecular formula is C13H18N4S. The van der Waals surface area contributed by atoms with Crippen LogP contribution in [0, 0.1) is 5.41 Å². The van der Waals surface area contributed by atoms with Crippen molar-refractivity contribution in [2.24, 2.45) is 12.8 Å². The molecule has 0 bridgehead atoms. The van der Waals surface area contributed by atoms with Crippen molar-refractivity contribution in [2.45, 2.75) is 24.9 Å². The maximum Gasteiger partial charge on any atom is 0.168 e. The number of hydrogen-bond acceptors (Lipinski definition) is 3. The van der Waals surface area contributed by atoms with E-state index in [4.69, 9.17) is 11.1 Å². The standard InChI is InChI=1S/C13H18N4S/c1-3-9-4-5-11-10(8-9)16-13(17(11)2)18-7-6-12(14)15/h4-5,8H,3,6-7H2,1-2H3,(H3,14,15). The first-order chi connectivity index (χ1) is 8.61. The third-order valence-electron chi connectivity index (χ3n) is 2.92. The first-order valence-corrected chi connectivity index (χ1v) is 7.01. The first-order valence-electron chi connectivity index (χ1n) is 6.03. The number of imidazole rings is 1. The number of benzene rings is 1. The maximum atomic E-state index is 7.21. The van der Waals surface area contributed by atoms with Crippen LogP contribution in [0.2, 0.25) is 0 Å². The maximum absolute atomic E-state index is 7.21. The Kier molecular flexibility index (Phi) is 3.91. The molecule has 2 rings (SSSR count). The molecule has 1 heterocycles. The monoisotopic (exact) mass is 262 g/mol. The van der Waals surface area contributed by atoms with Gasteiger partial charge in [0, 0.05) is 19.2 Å². The van der Waals surface area contributed by atoms with Gasteiger partial charge in [0.1, 0.15) is 0 Å². The van der Waals surface area contributed by atoms with E-state index in [-0.39, 0.29) is 5.84 Å². The summed E-state index contributed by atoms with van der Waals surface area (Å²) >= 11 is 1.65. The van der Waals surface area contributed by atoms with Gasteiger partial charge in [0.2, 0.25) is 0 Å². The van der Waals surface area contributed by atoms with E-state index in [0.29, 0.717) is 6.42 Å². The van der Waals surface area contributed by atoms with Crippen LogP contribution in [0.25, 0.3) is 11.0 Å². The van der Waals surface area contributed by atoms with Gasteiger partial charge in [0.25, 0.3) is 0 Å². The van der Waals surface area contributed by atoms with Crippen LogP contribution < -0.4 is 5.73 Å². The molecule has 0 aliphatic heterocycles. The number of hydrogen-bond donors (Lipinski definition) is 2. The van der Waals surface area contributed by atoms with E-state index in [2.05, 4.69) is 34.7 Å². The predicted octanol–water partition coefficient (Wildman–Crippen LogP) is 2.55. The van der Waals surface area contributed by atoms with Crippen molar-refractivity contribution in [1.82, 2.24) is 9.55 Å². The Hall–Kier alpha value is -1.49. The highest BCUT2D eigenvalue weighted by Crippen LogP contribution is 2.24. The van der Waals surface area contributed by atoms with E-state index in [9.17, 15) is 0 Å². The lowest BCUT2D eigenvalue weighted by atomic mass is 10.1. The topological polar surface area (TPSA) is 67.7 Å². The molecule has 18 heavy (non-hydrogen) atoms. The lowest BCUT2D eigenvalue weighted by Gasteiger charge is -2.01. The van der Waals surface area contributed by atoms with Crippen LogP contribution in [-0.4, -0.2) is 21.1 Å². The predicted molar refractivity (Wildman–Crippen MR) is 77.3 cm³/mol. The lowest BCUT2D eigenvalue weighted by molar-refractivity contribution is 0.815. The largest absolute Gasteiger partial charge is 0.388 e. The quantitative estimate of drug-likeness (QED) is 0.494. The number of fused-ring (bicyclic) bond motifs is 1. The van der Waals surface area contributed by atoms with Crippen LogP contribution in [0.4, 0.5) is 0 Å². The summed E-state index contributed by atoms with van der Waals surface area (Å²) in [6.45, 7) is 2.15. The van der Waals surface area contributed by atoms with E-state index in [1.807, 2.05) is 7.05 Å². The highest BCUT2D eigenvalue weighted by Gasteiger charge is 2.08. The van der Waals surface area contributed by atoms with Crippen LogP contribution >= 0.6 is 11.8 Å². The Bertz CT molecular complexity index is 574. The van der Waals surface area contributed by atoms with Crippen LogP contribution in [-0.2, 0) is 13.5 Å². The van der Waals surface area contributed by atoms with Crippen molar-refractivity contribution in [3.05, 3.63) is 23.8 Å². The van der Waals surface area contributed by atoms with Gasteiger partial charge in [-0.1, -0.05) is 24.8 Å². The zero-order valence-corrected chi connectivity index (χ0v) is 11.5. The molecule has 1 aromatic carbocycles. The molecule has 96 valence electrons. The molecule has 0 unspecified atom stereocenters. The van der Waals surface area contributed by atoms with Crippen molar-refractivity contribution in [1.29, 1.82) is 5.41 Å². The number of nitrogens with two attached hydrogens (primary N) is 1. The van der Waals surface area contributed by atoms with Crippen molar-refractivity contribution in [3.63, 3.8) is 0 Å². The highest BCUT2D eigenvalue weighted by atomic mass is 32.2. The third kappa shape index (κ3) is 2.67. The van der Waals surface area contributed by atoms with Gasteiger partial charge in [0.05, 0.1) is 16.9 Å². The third-order valence-corrected chi connectivity index (χ3v) is 3.95. The average Bonchev–Trinajstić information content (AvgIpc) is 2.65. The van der Waals surface area contributed by atoms with Gasteiger partial charge in [-0.3, -0.25) is 5.41 Å². The van der Waals surface area contributed by atoms with Crippen molar-refractivity contribution in [3.8, 4) is 0 Å². The minimum atomic E-state index is 0.231. The number of amidine groups is 1. The summed E-state index contributed by atoms with van der Waals surface area (Å²) < 4.78 is 2.10. The normalized spacial score (nSPS) is 11.0. The molecule has 0 aliphatic rings. The lowest BCUT2D eigenvalue weighted by Crippen LogP contribution is -2.10. The minimum absolute atomic E-state index is 0.231. The molecule has 4 nitrogen and oxygen atoms in total. The van der Waals surface area contributed by atoms with Gasteiger partial charge in [-0.25, -0.2) is 4.98 Å². The van der Waals surface area contributed by atoms with Crippen LogP contribution in [0.3, 0.4) is 0 Å². The fourth-order valence-corrected chi connectivity index (χ4v) is 2.78. The van der Waals surface area contributed by atoms with E-state index < -0.39 is 0 Å². The van der Waals surface area contributed by atoms with Gasteiger partial charge < -0.3 is 10.3 Å². The van der Waals surface area contributed by atoms with Crippen LogP contribution in [0.15, 0.2) is 23.4 Å². The van der Waals surface area contributed by atoms with Crippen molar-refractivity contribution >= 4 is 28.6 Å². The summed E-state index contributed by atoms with van der Waals surface area (Å²) in [6, 6.07) is 6.41. The van der Waals surface area contributed by atoms with Crippen molar-refractivity contribution < 1.29 is 0 Å². The number of nitrogens with one attached hydrogen (secondary N) is 1. The Balaban J connectivity index is 2.23. The molecule has 0 saturated carbocycles. The molecular weight excluding hydrogens is 244 g/mol. The van der Waals surface area contributed by atoms with Gasteiger partial charge in [-0.05, 0) is 24.1 Å². The van der Waals surface area contributed by atoms with E-state index in [1.165, 1.54) is 5.56 Å². The zero-order valence-electron chi connectivity index (χ0n) is 10.7. The Labute approximate surface area is 111 Å². The zero-order chi connectivity index (χ0) is 13.1. The Morgan fingerprint density at radius 1 is 1.50 bits per heavy atom. The smallest absolute Gasteiger partial charge is 0.168 e. The van der Waals surface area contributed by atoms with Crippen LogP contribution in [0.1, 0.15) is 18.9 Å². The Morgan fingerprint density at radius 3 is 2.94 bits per heavy atom. The van der Waals surface area contributed by atoms with Gasteiger partial charge in [-0.2, -0.15) is 0 Å². The molecule has 0 saturated heterocycles. The molecule has 5 heteroatoms. The summed E-state index contributed by atoms with van der Waals surface area (Å²) in [5.41, 5.74) is 8.85. The second kappa shape index (κ2) is 5.44. The molecule has 0 atom stereocenters. The average molecular weight is 262 g/mol. The van der Waals surface area contributed by atoms with Gasteiger partial charge >= 0.3 is 0 Å². The number of aromatic nitrogens is 2. The molecule has 0 aliphatic carbocycles. The summed E-state index contributed by atoms with van der Waals surface area (Å²) in [7, 11) is 2.02. The van der Waals surface area contributed by atoms with E-state index >= 15 is 0 Å². The van der Waals surface area contributed by atoms with Crippen LogP contribution in [0.5, 0.6) is 0 Å². The molecule has 0 spiro atoms. The van der Waals surface area contributed by atoms with Gasteiger partial charge in [0.15, 0.2) is 5.16 Å². The molecule has 0 amide bonds.